The highest BCUT2D eigenvalue weighted by Gasteiger charge is 2.37. The van der Waals surface area contributed by atoms with Crippen LogP contribution in [0.4, 0.5) is 10.5 Å². The zero-order chi connectivity index (χ0) is 25.1. The highest BCUT2D eigenvalue weighted by molar-refractivity contribution is 6.39. The maximum atomic E-state index is 13.1. The van der Waals surface area contributed by atoms with E-state index in [-0.39, 0.29) is 17.9 Å². The minimum Gasteiger partial charge on any atom is -0.496 e. The van der Waals surface area contributed by atoms with E-state index in [0.717, 1.165) is 10.5 Å². The normalized spacial score (nSPS) is 14.8. The van der Waals surface area contributed by atoms with Crippen LogP contribution < -0.4 is 19.7 Å². The molecule has 0 saturated carbocycles. The Balaban J connectivity index is 1.56. The van der Waals surface area contributed by atoms with Crippen molar-refractivity contribution in [2.45, 2.75) is 6.61 Å². The van der Waals surface area contributed by atoms with E-state index in [2.05, 4.69) is 5.32 Å². The Morgan fingerprint density at radius 1 is 0.914 bits per heavy atom. The molecule has 1 saturated heterocycles. The molecule has 0 aromatic heterocycles. The smallest absolute Gasteiger partial charge is 0.335 e. The number of nitrogens with zero attached hydrogens (tertiary/aromatic N) is 1. The molecule has 10 heteroatoms. The lowest BCUT2D eigenvalue weighted by Gasteiger charge is -2.26. The predicted molar refractivity (Wildman–Crippen MR) is 134 cm³/mol. The number of carbonyl (C=O) groups is 3. The van der Waals surface area contributed by atoms with Gasteiger partial charge in [-0.05, 0) is 60.7 Å². The van der Waals surface area contributed by atoms with Gasteiger partial charge in [0.25, 0.3) is 11.8 Å². The van der Waals surface area contributed by atoms with Crippen molar-refractivity contribution < 1.29 is 23.9 Å². The first-order valence-corrected chi connectivity index (χ1v) is 11.3. The van der Waals surface area contributed by atoms with E-state index in [4.69, 9.17) is 44.3 Å². The zero-order valence-electron chi connectivity index (χ0n) is 18.2. The molecule has 1 aliphatic rings. The molecule has 3 aromatic carbocycles. The average molecular weight is 532 g/mol. The van der Waals surface area contributed by atoms with Crippen LogP contribution in [-0.4, -0.2) is 25.0 Å². The molecule has 0 unspecified atom stereocenters. The highest BCUT2D eigenvalue weighted by atomic mass is 35.5. The van der Waals surface area contributed by atoms with E-state index < -0.39 is 17.8 Å². The number of hydrogen-bond acceptors (Lipinski definition) is 5. The number of rotatable bonds is 6. The van der Waals surface area contributed by atoms with Crippen molar-refractivity contribution in [2.75, 3.05) is 12.0 Å². The Kier molecular flexibility index (Phi) is 7.31. The van der Waals surface area contributed by atoms with E-state index in [1.807, 2.05) is 0 Å². The second-order valence-corrected chi connectivity index (χ2v) is 8.64. The van der Waals surface area contributed by atoms with Crippen molar-refractivity contribution in [1.29, 1.82) is 0 Å². The van der Waals surface area contributed by atoms with Gasteiger partial charge >= 0.3 is 6.03 Å². The summed E-state index contributed by atoms with van der Waals surface area (Å²) in [5.41, 5.74) is 1.16. The summed E-state index contributed by atoms with van der Waals surface area (Å²) >= 11 is 18.1. The standard InChI is InChI=1S/C25H17Cl3N2O5/c1-34-22-9-4-16(26)10-15(22)11-20-23(31)29-25(33)30(24(20)32)18-5-7-19(8-6-18)35-13-14-2-3-17(27)12-21(14)28/h2-12H,13H2,1H3,(H,29,31,33)/b20-11+. The van der Waals surface area contributed by atoms with E-state index >= 15 is 0 Å². The molecule has 0 bridgehead atoms. The maximum absolute atomic E-state index is 13.1. The molecular weight excluding hydrogens is 515 g/mol. The van der Waals surface area contributed by atoms with Crippen molar-refractivity contribution in [2.24, 2.45) is 0 Å². The Hall–Kier alpha value is -3.52. The van der Waals surface area contributed by atoms with Gasteiger partial charge in [-0.25, -0.2) is 9.69 Å². The summed E-state index contributed by atoms with van der Waals surface area (Å²) in [6.07, 6.45) is 1.33. The molecule has 1 aliphatic heterocycles. The van der Waals surface area contributed by atoms with Crippen LogP contribution in [0.15, 0.2) is 66.2 Å². The molecule has 4 rings (SSSR count). The van der Waals surface area contributed by atoms with Crippen LogP contribution in [0, 0.1) is 0 Å². The van der Waals surface area contributed by atoms with Gasteiger partial charge in [-0.15, -0.1) is 0 Å². The van der Waals surface area contributed by atoms with Crippen molar-refractivity contribution in [3.8, 4) is 11.5 Å². The predicted octanol–water partition coefficient (Wildman–Crippen LogP) is 5.90. The summed E-state index contributed by atoms with van der Waals surface area (Å²) in [4.78, 5) is 38.9. The number of imide groups is 2. The maximum Gasteiger partial charge on any atom is 0.335 e. The van der Waals surface area contributed by atoms with Gasteiger partial charge in [0.05, 0.1) is 12.8 Å². The number of anilines is 1. The first-order chi connectivity index (χ1) is 16.8. The minimum atomic E-state index is -0.864. The molecular formula is C25H17Cl3N2O5. The lowest BCUT2D eigenvalue weighted by atomic mass is 10.1. The number of carbonyl (C=O) groups excluding carboxylic acids is 3. The first-order valence-electron chi connectivity index (χ1n) is 10.2. The third kappa shape index (κ3) is 5.43. The number of ether oxygens (including phenoxy) is 2. The second-order valence-electron chi connectivity index (χ2n) is 7.36. The summed E-state index contributed by atoms with van der Waals surface area (Å²) in [6.45, 7) is 0.196. The molecule has 178 valence electrons. The monoisotopic (exact) mass is 530 g/mol. The minimum absolute atomic E-state index is 0.196. The van der Waals surface area contributed by atoms with Crippen molar-refractivity contribution in [3.63, 3.8) is 0 Å². The molecule has 0 aliphatic carbocycles. The Morgan fingerprint density at radius 3 is 2.29 bits per heavy atom. The fourth-order valence-electron chi connectivity index (χ4n) is 3.36. The molecule has 7 nitrogen and oxygen atoms in total. The van der Waals surface area contributed by atoms with E-state index in [1.165, 1.54) is 25.3 Å². The van der Waals surface area contributed by atoms with Crippen LogP contribution in [0.25, 0.3) is 6.08 Å². The highest BCUT2D eigenvalue weighted by Crippen LogP contribution is 2.29. The van der Waals surface area contributed by atoms with Gasteiger partial charge in [0.1, 0.15) is 23.7 Å². The van der Waals surface area contributed by atoms with Gasteiger partial charge in [-0.2, -0.15) is 0 Å². The third-order valence-electron chi connectivity index (χ3n) is 5.10. The fourth-order valence-corrected chi connectivity index (χ4v) is 4.00. The number of nitrogens with one attached hydrogen (secondary N) is 1. The average Bonchev–Trinajstić information content (AvgIpc) is 2.82. The van der Waals surface area contributed by atoms with Crippen molar-refractivity contribution >= 4 is 64.4 Å². The topological polar surface area (TPSA) is 84.9 Å². The Bertz CT molecular complexity index is 1360. The summed E-state index contributed by atoms with van der Waals surface area (Å²) in [7, 11) is 1.45. The number of hydrogen-bond donors (Lipinski definition) is 1. The third-order valence-corrected chi connectivity index (χ3v) is 5.92. The van der Waals surface area contributed by atoms with Crippen LogP contribution >= 0.6 is 34.8 Å². The van der Waals surface area contributed by atoms with Gasteiger partial charge in [0.2, 0.25) is 0 Å². The number of halogens is 3. The van der Waals surface area contributed by atoms with Crippen LogP contribution in [0.2, 0.25) is 15.1 Å². The summed E-state index contributed by atoms with van der Waals surface area (Å²) in [6, 6.07) is 15.3. The summed E-state index contributed by atoms with van der Waals surface area (Å²) < 4.78 is 11.0. The van der Waals surface area contributed by atoms with E-state index in [0.29, 0.717) is 32.1 Å². The molecule has 1 fully saturated rings. The molecule has 1 heterocycles. The van der Waals surface area contributed by atoms with Gasteiger partial charge in [-0.3, -0.25) is 14.9 Å². The lowest BCUT2D eigenvalue weighted by Crippen LogP contribution is -2.54. The van der Waals surface area contributed by atoms with E-state index in [1.54, 1.807) is 48.5 Å². The van der Waals surface area contributed by atoms with Crippen LogP contribution in [0.3, 0.4) is 0 Å². The molecule has 3 aromatic rings. The molecule has 1 N–H and O–H groups in total. The Morgan fingerprint density at radius 2 is 1.60 bits per heavy atom. The number of methoxy groups -OCH3 is 1. The van der Waals surface area contributed by atoms with Crippen LogP contribution in [0.1, 0.15) is 11.1 Å². The number of amides is 4. The number of barbiturate groups is 1. The van der Waals surface area contributed by atoms with Crippen molar-refractivity contribution in [1.82, 2.24) is 5.32 Å². The second kappa shape index (κ2) is 10.4. The molecule has 4 amide bonds. The van der Waals surface area contributed by atoms with Gasteiger partial charge < -0.3 is 9.47 Å². The van der Waals surface area contributed by atoms with Gasteiger partial charge in [0.15, 0.2) is 0 Å². The summed E-state index contributed by atoms with van der Waals surface area (Å²) in [5, 5.41) is 3.57. The summed E-state index contributed by atoms with van der Waals surface area (Å²) in [5.74, 6) is -0.714. The lowest BCUT2D eigenvalue weighted by molar-refractivity contribution is -0.122. The fraction of sp³-hybridized carbons (Fsp3) is 0.0800. The van der Waals surface area contributed by atoms with E-state index in [9.17, 15) is 14.4 Å². The van der Waals surface area contributed by atoms with Crippen LogP contribution in [0.5, 0.6) is 11.5 Å². The van der Waals surface area contributed by atoms with Crippen molar-refractivity contribution in [3.05, 3.63) is 92.4 Å². The van der Waals surface area contributed by atoms with Crippen LogP contribution in [-0.2, 0) is 16.2 Å². The molecule has 0 radical (unpaired) electrons. The van der Waals surface area contributed by atoms with Gasteiger partial charge in [0, 0.05) is 26.2 Å². The zero-order valence-corrected chi connectivity index (χ0v) is 20.4. The quantitative estimate of drug-likeness (QED) is 0.316. The largest absolute Gasteiger partial charge is 0.496 e. The number of benzene rings is 3. The Labute approximate surface area is 215 Å². The molecule has 35 heavy (non-hydrogen) atoms. The molecule has 0 atom stereocenters. The first kappa shape index (κ1) is 24.6. The van der Waals surface area contributed by atoms with Gasteiger partial charge in [-0.1, -0.05) is 40.9 Å². The molecule has 0 spiro atoms. The SMILES string of the molecule is COc1ccc(Cl)cc1/C=C1\C(=O)NC(=O)N(c2ccc(OCc3ccc(Cl)cc3Cl)cc2)C1=O. The number of urea groups is 1.